The Morgan fingerprint density at radius 2 is 1.89 bits per heavy atom. The lowest BCUT2D eigenvalue weighted by Crippen LogP contribution is -2.22. The maximum absolute atomic E-state index is 12.5. The van der Waals surface area contributed by atoms with Crippen LogP contribution in [0.5, 0.6) is 0 Å². The molecule has 0 aliphatic carbocycles. The first kappa shape index (κ1) is 18.7. The molecule has 0 atom stereocenters. The molecule has 142 valence electrons. The standard InChI is InChI=1S/C21H24ClN3OS/c1-24-18-5-2-3-6-19(18)25(21(24)26)13-4-14-27-20-16-10-12-23-11-9-15(16)7-8-17(20)22/h2-3,5-8,23H,4,9-14H2,1H3. The van der Waals surface area contributed by atoms with E-state index in [0.29, 0.717) is 0 Å². The molecule has 1 aliphatic rings. The van der Waals surface area contributed by atoms with E-state index < -0.39 is 0 Å². The molecule has 2 heterocycles. The van der Waals surface area contributed by atoms with Crippen molar-refractivity contribution in [1.82, 2.24) is 14.5 Å². The summed E-state index contributed by atoms with van der Waals surface area (Å²) in [6, 6.07) is 12.2. The predicted octanol–water partition coefficient (Wildman–Crippen LogP) is 3.86. The number of benzene rings is 2. The van der Waals surface area contributed by atoms with Gasteiger partial charge in [-0.1, -0.05) is 29.8 Å². The fraction of sp³-hybridized carbons (Fsp3) is 0.381. The lowest BCUT2D eigenvalue weighted by molar-refractivity contribution is 0.656. The van der Waals surface area contributed by atoms with E-state index in [-0.39, 0.29) is 5.69 Å². The van der Waals surface area contributed by atoms with Gasteiger partial charge in [0.15, 0.2) is 0 Å². The summed E-state index contributed by atoms with van der Waals surface area (Å²) in [5, 5.41) is 4.31. The lowest BCUT2D eigenvalue weighted by atomic mass is 10.0. The number of thioether (sulfide) groups is 1. The van der Waals surface area contributed by atoms with Crippen LogP contribution in [0.25, 0.3) is 11.0 Å². The summed E-state index contributed by atoms with van der Waals surface area (Å²) in [6.45, 7) is 2.76. The molecule has 0 saturated heterocycles. The van der Waals surface area contributed by atoms with Crippen molar-refractivity contribution >= 4 is 34.4 Å². The van der Waals surface area contributed by atoms with Gasteiger partial charge in [0.25, 0.3) is 0 Å². The fourth-order valence-corrected chi connectivity index (χ4v) is 5.27. The van der Waals surface area contributed by atoms with E-state index in [4.69, 9.17) is 11.6 Å². The third-order valence-electron chi connectivity index (χ3n) is 5.26. The molecular formula is C21H24ClN3OS. The second kappa shape index (κ2) is 8.13. The monoisotopic (exact) mass is 401 g/mol. The molecule has 0 radical (unpaired) electrons. The highest BCUT2D eigenvalue weighted by Gasteiger charge is 2.15. The van der Waals surface area contributed by atoms with Gasteiger partial charge in [0, 0.05) is 18.5 Å². The topological polar surface area (TPSA) is 39.0 Å². The predicted molar refractivity (Wildman–Crippen MR) is 114 cm³/mol. The lowest BCUT2D eigenvalue weighted by Gasteiger charge is -2.14. The molecule has 0 bridgehead atoms. The van der Waals surface area contributed by atoms with Crippen LogP contribution in [0.3, 0.4) is 0 Å². The Balaban J connectivity index is 1.48. The average Bonchev–Trinajstić information content (AvgIpc) is 2.84. The minimum atomic E-state index is 0.0545. The first-order valence-electron chi connectivity index (χ1n) is 9.45. The summed E-state index contributed by atoms with van der Waals surface area (Å²) in [6.07, 6.45) is 3.02. The van der Waals surface area contributed by atoms with Crippen LogP contribution >= 0.6 is 23.4 Å². The summed E-state index contributed by atoms with van der Waals surface area (Å²) < 4.78 is 3.61. The van der Waals surface area contributed by atoms with Crippen molar-refractivity contribution in [3.05, 3.63) is 63.0 Å². The minimum Gasteiger partial charge on any atom is -0.316 e. The number of nitrogens with one attached hydrogen (secondary N) is 1. The van der Waals surface area contributed by atoms with Crippen molar-refractivity contribution in [3.8, 4) is 0 Å². The largest absolute Gasteiger partial charge is 0.328 e. The molecule has 27 heavy (non-hydrogen) atoms. The molecule has 1 N–H and O–H groups in total. The SMILES string of the molecule is Cn1c(=O)n(CCCSc2c(Cl)ccc3c2CCNCC3)c2ccccc21. The van der Waals surface area contributed by atoms with E-state index in [1.807, 2.05) is 53.7 Å². The van der Waals surface area contributed by atoms with Crippen LogP contribution in [0, 0.1) is 0 Å². The Labute approximate surface area is 168 Å². The molecule has 0 unspecified atom stereocenters. The van der Waals surface area contributed by atoms with Gasteiger partial charge in [-0.15, -0.1) is 11.8 Å². The highest BCUT2D eigenvalue weighted by Crippen LogP contribution is 2.34. The number of nitrogens with zero attached hydrogens (tertiary/aromatic N) is 2. The van der Waals surface area contributed by atoms with Crippen LogP contribution in [0.1, 0.15) is 17.5 Å². The number of hydrogen-bond acceptors (Lipinski definition) is 3. The molecule has 0 fully saturated rings. The number of fused-ring (bicyclic) bond motifs is 2. The Morgan fingerprint density at radius 3 is 2.74 bits per heavy atom. The average molecular weight is 402 g/mol. The van der Waals surface area contributed by atoms with Crippen molar-refractivity contribution in [2.45, 2.75) is 30.7 Å². The molecular weight excluding hydrogens is 378 g/mol. The first-order chi connectivity index (χ1) is 13.2. The molecule has 1 aromatic heterocycles. The Morgan fingerprint density at radius 1 is 1.11 bits per heavy atom. The van der Waals surface area contributed by atoms with Gasteiger partial charge in [0.1, 0.15) is 0 Å². The summed E-state index contributed by atoms with van der Waals surface area (Å²) in [7, 11) is 1.84. The number of halogens is 1. The Hall–Kier alpha value is -1.69. The van der Waals surface area contributed by atoms with Crippen LogP contribution in [0.15, 0.2) is 46.1 Å². The normalized spacial score (nSPS) is 14.3. The van der Waals surface area contributed by atoms with Gasteiger partial charge in [0.05, 0.1) is 16.1 Å². The molecule has 4 rings (SSSR count). The molecule has 0 amide bonds. The van der Waals surface area contributed by atoms with E-state index in [0.717, 1.165) is 60.7 Å². The van der Waals surface area contributed by atoms with E-state index in [2.05, 4.69) is 11.4 Å². The quantitative estimate of drug-likeness (QED) is 0.521. The zero-order valence-electron chi connectivity index (χ0n) is 15.5. The van der Waals surface area contributed by atoms with Gasteiger partial charge >= 0.3 is 5.69 Å². The highest BCUT2D eigenvalue weighted by molar-refractivity contribution is 7.99. The van der Waals surface area contributed by atoms with Crippen molar-refractivity contribution in [2.24, 2.45) is 7.05 Å². The van der Waals surface area contributed by atoms with Crippen molar-refractivity contribution in [2.75, 3.05) is 18.8 Å². The minimum absolute atomic E-state index is 0.0545. The smallest absolute Gasteiger partial charge is 0.316 e. The van der Waals surface area contributed by atoms with Gasteiger partial charge in [0.2, 0.25) is 0 Å². The Bertz CT molecular complexity index is 1020. The molecule has 0 spiro atoms. The van der Waals surface area contributed by atoms with Crippen molar-refractivity contribution in [3.63, 3.8) is 0 Å². The van der Waals surface area contributed by atoms with Crippen LogP contribution < -0.4 is 11.0 Å². The zero-order valence-corrected chi connectivity index (χ0v) is 17.1. The van der Waals surface area contributed by atoms with Gasteiger partial charge in [-0.25, -0.2) is 4.79 Å². The van der Waals surface area contributed by atoms with Crippen molar-refractivity contribution in [1.29, 1.82) is 0 Å². The van der Waals surface area contributed by atoms with E-state index in [9.17, 15) is 4.79 Å². The van der Waals surface area contributed by atoms with Crippen LogP contribution in [-0.4, -0.2) is 28.0 Å². The Kier molecular flexibility index (Phi) is 5.62. The van der Waals surface area contributed by atoms with Gasteiger partial charge in [-0.2, -0.15) is 0 Å². The number of hydrogen-bond donors (Lipinski definition) is 1. The van der Waals surface area contributed by atoms with E-state index in [1.54, 1.807) is 4.57 Å². The second-order valence-electron chi connectivity index (χ2n) is 6.95. The molecule has 2 aromatic carbocycles. The van der Waals surface area contributed by atoms with E-state index in [1.165, 1.54) is 16.0 Å². The summed E-state index contributed by atoms with van der Waals surface area (Å²) >= 11 is 8.34. The maximum atomic E-state index is 12.5. The number of imidazole rings is 1. The van der Waals surface area contributed by atoms with Crippen LogP contribution in [0.4, 0.5) is 0 Å². The molecule has 6 heteroatoms. The molecule has 1 aliphatic heterocycles. The summed E-state index contributed by atoms with van der Waals surface area (Å²) in [4.78, 5) is 13.8. The van der Waals surface area contributed by atoms with Crippen LogP contribution in [0.2, 0.25) is 5.02 Å². The third-order valence-corrected chi connectivity index (χ3v) is 6.93. The molecule has 0 saturated carbocycles. The maximum Gasteiger partial charge on any atom is 0.328 e. The second-order valence-corrected chi connectivity index (χ2v) is 8.46. The summed E-state index contributed by atoms with van der Waals surface area (Å²) in [5.41, 5.74) is 4.86. The van der Waals surface area contributed by atoms with Crippen molar-refractivity contribution < 1.29 is 0 Å². The summed E-state index contributed by atoms with van der Waals surface area (Å²) in [5.74, 6) is 0.944. The molecule has 3 aromatic rings. The van der Waals surface area contributed by atoms with Gasteiger partial charge in [-0.05, 0) is 67.4 Å². The zero-order chi connectivity index (χ0) is 18.8. The number of para-hydroxylation sites is 2. The van der Waals surface area contributed by atoms with E-state index >= 15 is 0 Å². The van der Waals surface area contributed by atoms with Crippen LogP contribution in [-0.2, 0) is 26.4 Å². The number of aryl methyl sites for hydroxylation is 2. The van der Waals surface area contributed by atoms with Gasteiger partial charge < -0.3 is 5.32 Å². The fourth-order valence-electron chi connectivity index (χ4n) is 3.84. The third kappa shape index (κ3) is 3.68. The molecule has 4 nitrogen and oxygen atoms in total. The highest BCUT2D eigenvalue weighted by atomic mass is 35.5. The number of aromatic nitrogens is 2. The number of rotatable bonds is 5. The van der Waals surface area contributed by atoms with Gasteiger partial charge in [-0.3, -0.25) is 9.13 Å². The first-order valence-corrected chi connectivity index (χ1v) is 10.8.